The summed E-state index contributed by atoms with van der Waals surface area (Å²) in [6.45, 7) is -0.602. The smallest absolute Gasteiger partial charge is 0.387 e. The number of benzene rings is 3. The molecule has 0 heterocycles. The Kier molecular flexibility index (Phi) is 8.53. The summed E-state index contributed by atoms with van der Waals surface area (Å²) in [5.74, 6) is 1.53. The molecule has 0 amide bonds. The molecule has 0 N–H and O–H groups in total. The maximum atomic E-state index is 15.3. The Hall–Kier alpha value is -2.49. The number of hydrogen-bond donors (Lipinski definition) is 0. The van der Waals surface area contributed by atoms with Gasteiger partial charge >= 0.3 is 6.61 Å². The van der Waals surface area contributed by atoms with Gasteiger partial charge in [-0.05, 0) is 53.3 Å². The van der Waals surface area contributed by atoms with Crippen LogP contribution in [-0.4, -0.2) is 6.61 Å². The minimum Gasteiger partial charge on any atom is -0.435 e. The number of rotatable bonds is 10. The van der Waals surface area contributed by atoms with Crippen molar-refractivity contribution in [3.63, 3.8) is 0 Å². The summed E-state index contributed by atoms with van der Waals surface area (Å²) in [5.41, 5.74) is 2.35. The van der Waals surface area contributed by atoms with E-state index < -0.39 is 6.61 Å². The molecule has 1 aliphatic carbocycles. The van der Waals surface area contributed by atoms with Crippen molar-refractivity contribution in [3.8, 4) is 16.9 Å². The number of fused-ring (bicyclic) bond motifs is 1. The van der Waals surface area contributed by atoms with Crippen molar-refractivity contribution in [2.45, 2.75) is 77.7 Å². The predicted octanol–water partition coefficient (Wildman–Crippen LogP) is 9.57. The molecule has 0 bridgehead atoms. The van der Waals surface area contributed by atoms with Gasteiger partial charge in [0.05, 0.1) is 0 Å². The molecule has 1 saturated carbocycles. The summed E-state index contributed by atoms with van der Waals surface area (Å²) < 4.78 is 44.4. The van der Waals surface area contributed by atoms with Crippen LogP contribution in [0.1, 0.15) is 70.3 Å². The average molecular weight is 469 g/mol. The molecule has 0 atom stereocenters. The van der Waals surface area contributed by atoms with Crippen molar-refractivity contribution >= 4 is 10.8 Å². The second-order valence-corrected chi connectivity index (χ2v) is 9.81. The Morgan fingerprint density at radius 1 is 0.853 bits per heavy atom. The van der Waals surface area contributed by atoms with Crippen molar-refractivity contribution in [1.29, 1.82) is 0 Å². The fourth-order valence-corrected chi connectivity index (χ4v) is 5.40. The first-order valence-corrected chi connectivity index (χ1v) is 12.8. The Bertz CT molecular complexity index is 1050. The molecular weight excluding hydrogens is 433 g/mol. The molecule has 1 fully saturated rings. The molecule has 1 nitrogen and oxygen atoms in total. The largest absolute Gasteiger partial charge is 0.435 e. The van der Waals surface area contributed by atoms with Crippen molar-refractivity contribution in [2.75, 3.05) is 0 Å². The zero-order valence-electron chi connectivity index (χ0n) is 20.0. The van der Waals surface area contributed by atoms with E-state index >= 15 is 4.39 Å². The molecular formula is C30H35F3O. The number of ether oxygens (including phenoxy) is 1. The highest BCUT2D eigenvalue weighted by Gasteiger charge is 2.20. The molecule has 3 aromatic carbocycles. The molecule has 4 rings (SSSR count). The molecule has 1 aliphatic rings. The third-order valence-electron chi connectivity index (χ3n) is 7.43. The summed E-state index contributed by atoms with van der Waals surface area (Å²) >= 11 is 0. The highest BCUT2D eigenvalue weighted by molar-refractivity contribution is 5.88. The highest BCUT2D eigenvalue weighted by atomic mass is 19.3. The molecule has 0 unspecified atom stereocenters. The number of aryl methyl sites for hydroxylation is 1. The second kappa shape index (κ2) is 11.8. The average Bonchev–Trinajstić information content (AvgIpc) is 2.84. The maximum Gasteiger partial charge on any atom is 0.387 e. The standard InChI is InChI=1S/C30H35F3O/c1-2-3-4-5-21-6-8-22(9-7-21)10-11-23-12-18-28-25(20-23)15-19-27(29(28)31)24-13-16-26(17-14-24)34-30(32)33/h12-22,30H,2-11H2,1H3. The molecule has 0 aliphatic heterocycles. The lowest BCUT2D eigenvalue weighted by Gasteiger charge is -2.28. The molecule has 0 saturated heterocycles. The van der Waals surface area contributed by atoms with Crippen molar-refractivity contribution in [1.82, 2.24) is 0 Å². The normalized spacial score (nSPS) is 18.5. The lowest BCUT2D eigenvalue weighted by molar-refractivity contribution is -0.0498. The maximum absolute atomic E-state index is 15.3. The Balaban J connectivity index is 1.36. The fourth-order valence-electron chi connectivity index (χ4n) is 5.40. The van der Waals surface area contributed by atoms with Gasteiger partial charge in [0.15, 0.2) is 0 Å². The third-order valence-corrected chi connectivity index (χ3v) is 7.43. The van der Waals surface area contributed by atoms with Crippen LogP contribution >= 0.6 is 0 Å². The van der Waals surface area contributed by atoms with Gasteiger partial charge in [-0.1, -0.05) is 101 Å². The minimum atomic E-state index is -2.87. The first-order chi connectivity index (χ1) is 16.5. The minimum absolute atomic E-state index is 0.0644. The number of alkyl halides is 2. The van der Waals surface area contributed by atoms with E-state index in [9.17, 15) is 8.78 Å². The zero-order chi connectivity index (χ0) is 23.9. The number of halogens is 3. The van der Waals surface area contributed by atoms with E-state index in [1.54, 1.807) is 18.2 Å². The van der Waals surface area contributed by atoms with Gasteiger partial charge in [-0.2, -0.15) is 8.78 Å². The van der Waals surface area contributed by atoms with Crippen LogP contribution in [0.25, 0.3) is 21.9 Å². The summed E-state index contributed by atoms with van der Waals surface area (Å²) in [4.78, 5) is 0. The van der Waals surface area contributed by atoms with Crippen LogP contribution in [0.4, 0.5) is 13.2 Å². The SMILES string of the molecule is CCCCCC1CCC(CCc2ccc3c(F)c(-c4ccc(OC(F)F)cc4)ccc3c2)CC1. The van der Waals surface area contributed by atoms with Gasteiger partial charge in [-0.25, -0.2) is 4.39 Å². The van der Waals surface area contributed by atoms with Gasteiger partial charge in [0.25, 0.3) is 0 Å². The number of hydrogen-bond acceptors (Lipinski definition) is 1. The van der Waals surface area contributed by atoms with Gasteiger partial charge in [-0.3, -0.25) is 0 Å². The van der Waals surface area contributed by atoms with Gasteiger partial charge in [0.1, 0.15) is 11.6 Å². The van der Waals surface area contributed by atoms with Crippen LogP contribution in [0.3, 0.4) is 0 Å². The van der Waals surface area contributed by atoms with Crippen LogP contribution in [0.5, 0.6) is 5.75 Å². The second-order valence-electron chi connectivity index (χ2n) is 9.81. The quantitative estimate of drug-likeness (QED) is 0.269. The Morgan fingerprint density at radius 3 is 2.24 bits per heavy atom. The monoisotopic (exact) mass is 468 g/mol. The summed E-state index contributed by atoms with van der Waals surface area (Å²) in [7, 11) is 0. The lowest BCUT2D eigenvalue weighted by atomic mass is 9.77. The molecule has 0 radical (unpaired) electrons. The summed E-state index contributed by atoms with van der Waals surface area (Å²) in [6.07, 6.45) is 13.2. The lowest BCUT2D eigenvalue weighted by Crippen LogP contribution is -2.15. The van der Waals surface area contributed by atoms with Crippen LogP contribution in [0, 0.1) is 17.7 Å². The van der Waals surface area contributed by atoms with Crippen molar-refractivity contribution < 1.29 is 17.9 Å². The van der Waals surface area contributed by atoms with Crippen molar-refractivity contribution in [2.24, 2.45) is 11.8 Å². The van der Waals surface area contributed by atoms with Crippen LogP contribution in [0.15, 0.2) is 54.6 Å². The molecule has 0 spiro atoms. The van der Waals surface area contributed by atoms with Crippen LogP contribution in [-0.2, 0) is 6.42 Å². The first kappa shape index (κ1) is 24.6. The Labute approximate surface area is 201 Å². The zero-order valence-corrected chi connectivity index (χ0v) is 20.0. The van der Waals surface area contributed by atoms with E-state index in [0.717, 1.165) is 23.6 Å². The van der Waals surface area contributed by atoms with Crippen molar-refractivity contribution in [3.05, 3.63) is 66.0 Å². The van der Waals surface area contributed by atoms with E-state index in [-0.39, 0.29) is 11.6 Å². The van der Waals surface area contributed by atoms with Crippen LogP contribution < -0.4 is 4.74 Å². The predicted molar refractivity (Wildman–Crippen MR) is 134 cm³/mol. The van der Waals surface area contributed by atoms with Gasteiger partial charge in [0.2, 0.25) is 0 Å². The van der Waals surface area contributed by atoms with E-state index in [1.165, 1.54) is 75.5 Å². The summed E-state index contributed by atoms with van der Waals surface area (Å²) in [5, 5.41) is 1.48. The fraction of sp³-hybridized carbons (Fsp3) is 0.467. The van der Waals surface area contributed by atoms with E-state index in [0.29, 0.717) is 16.5 Å². The Morgan fingerprint density at radius 2 is 1.56 bits per heavy atom. The van der Waals surface area contributed by atoms with Gasteiger partial charge < -0.3 is 4.74 Å². The molecule has 0 aromatic heterocycles. The van der Waals surface area contributed by atoms with E-state index in [2.05, 4.69) is 17.7 Å². The third kappa shape index (κ3) is 6.34. The molecule has 34 heavy (non-hydrogen) atoms. The summed E-state index contributed by atoms with van der Waals surface area (Å²) in [6, 6.07) is 15.8. The first-order valence-electron chi connectivity index (χ1n) is 12.8. The van der Waals surface area contributed by atoms with E-state index in [4.69, 9.17) is 0 Å². The topological polar surface area (TPSA) is 9.23 Å². The molecule has 4 heteroatoms. The van der Waals surface area contributed by atoms with Crippen LogP contribution in [0.2, 0.25) is 0 Å². The molecule has 3 aromatic rings. The van der Waals surface area contributed by atoms with Gasteiger partial charge in [-0.15, -0.1) is 0 Å². The van der Waals surface area contributed by atoms with E-state index in [1.807, 2.05) is 18.2 Å². The molecule has 182 valence electrons. The highest BCUT2D eigenvalue weighted by Crippen LogP contribution is 2.35. The van der Waals surface area contributed by atoms with Gasteiger partial charge in [0, 0.05) is 10.9 Å². The number of unbranched alkanes of at least 4 members (excludes halogenated alkanes) is 2.